The van der Waals surface area contributed by atoms with Gasteiger partial charge in [-0.15, -0.1) is 0 Å². The minimum absolute atomic E-state index is 0.216. The monoisotopic (exact) mass is 395 g/mol. The molecular formula is C22H25N3O2S. The van der Waals surface area contributed by atoms with Gasteiger partial charge in [0.15, 0.2) is 0 Å². The molecule has 1 unspecified atom stereocenters. The van der Waals surface area contributed by atoms with E-state index in [1.807, 2.05) is 45.9 Å². The summed E-state index contributed by atoms with van der Waals surface area (Å²) in [4.78, 5) is 0.245. The molecule has 0 spiro atoms. The van der Waals surface area contributed by atoms with Crippen LogP contribution >= 0.6 is 0 Å². The van der Waals surface area contributed by atoms with E-state index in [9.17, 15) is 13.7 Å². The number of para-hydroxylation sites is 1. The van der Waals surface area contributed by atoms with E-state index in [1.54, 1.807) is 36.5 Å². The van der Waals surface area contributed by atoms with Gasteiger partial charge in [0, 0.05) is 23.5 Å². The third kappa shape index (κ3) is 4.11. The maximum atomic E-state index is 13.2. The van der Waals surface area contributed by atoms with Gasteiger partial charge in [0.1, 0.15) is 0 Å². The number of nitrogens with one attached hydrogen (secondary N) is 1. The Morgan fingerprint density at radius 3 is 2.36 bits per heavy atom. The first-order valence-corrected chi connectivity index (χ1v) is 10.6. The van der Waals surface area contributed by atoms with Crippen molar-refractivity contribution in [3.63, 3.8) is 0 Å². The second kappa shape index (κ2) is 7.42. The molecule has 1 N–H and O–H groups in total. The molecule has 0 bridgehead atoms. The van der Waals surface area contributed by atoms with Crippen molar-refractivity contribution in [3.8, 4) is 6.07 Å². The molecule has 0 aliphatic rings. The number of aromatic nitrogens is 1. The third-order valence-electron chi connectivity index (χ3n) is 4.53. The van der Waals surface area contributed by atoms with Gasteiger partial charge in [-0.25, -0.2) is 12.4 Å². The summed E-state index contributed by atoms with van der Waals surface area (Å²) in [6.45, 7) is 7.93. The highest BCUT2D eigenvalue weighted by Crippen LogP contribution is 2.27. The number of nitrogens with zero attached hydrogens (tertiary/aromatic N) is 2. The van der Waals surface area contributed by atoms with Gasteiger partial charge >= 0.3 is 0 Å². The Morgan fingerprint density at radius 1 is 1.11 bits per heavy atom. The molecule has 6 heteroatoms. The van der Waals surface area contributed by atoms with Gasteiger partial charge in [0.05, 0.1) is 22.5 Å². The summed E-state index contributed by atoms with van der Waals surface area (Å²) in [6, 6.07) is 16.1. The molecular weight excluding hydrogens is 370 g/mol. The summed E-state index contributed by atoms with van der Waals surface area (Å²) in [7, 11) is -3.73. The smallest absolute Gasteiger partial charge is 0.268 e. The molecule has 0 saturated heterocycles. The predicted molar refractivity (Wildman–Crippen MR) is 112 cm³/mol. The van der Waals surface area contributed by atoms with Crippen LogP contribution in [0, 0.1) is 18.3 Å². The molecule has 0 aliphatic carbocycles. The topological polar surface area (TPSA) is 74.9 Å². The number of rotatable bonds is 5. The van der Waals surface area contributed by atoms with E-state index in [0.29, 0.717) is 11.9 Å². The number of benzene rings is 2. The lowest BCUT2D eigenvalue weighted by Crippen LogP contribution is -2.43. The standard InChI is InChI=1S/C22H25N3O2S/c1-16-9-11-19(12-10-16)28(26,27)25-15-17(20-7-5-6-8-21(20)25)13-18(14-23)24-22(2,3)4/h5-12,15,18,24H,13H2,1-4H3. The van der Waals surface area contributed by atoms with Gasteiger partial charge in [0.2, 0.25) is 0 Å². The first-order chi connectivity index (χ1) is 13.1. The Morgan fingerprint density at radius 2 is 1.75 bits per heavy atom. The Kier molecular flexibility index (Phi) is 5.33. The third-order valence-corrected chi connectivity index (χ3v) is 6.21. The largest absolute Gasteiger partial charge is 0.297 e. The average Bonchev–Trinajstić information content (AvgIpc) is 3.00. The van der Waals surface area contributed by atoms with Crippen molar-refractivity contribution in [2.24, 2.45) is 0 Å². The number of hydrogen-bond donors (Lipinski definition) is 1. The number of nitriles is 1. The molecule has 5 nitrogen and oxygen atoms in total. The number of aryl methyl sites for hydroxylation is 1. The molecule has 0 radical (unpaired) electrons. The Hall–Kier alpha value is -2.62. The minimum Gasteiger partial charge on any atom is -0.297 e. The molecule has 1 heterocycles. The second-order valence-corrected chi connectivity index (χ2v) is 9.88. The van der Waals surface area contributed by atoms with Crippen LogP contribution in [0.25, 0.3) is 10.9 Å². The molecule has 1 atom stereocenters. The minimum atomic E-state index is -3.73. The van der Waals surface area contributed by atoms with Gasteiger partial charge in [-0.05, 0) is 51.5 Å². The highest BCUT2D eigenvalue weighted by molar-refractivity contribution is 7.90. The van der Waals surface area contributed by atoms with Crippen molar-refractivity contribution in [1.82, 2.24) is 9.29 Å². The summed E-state index contributed by atoms with van der Waals surface area (Å²) in [6.07, 6.45) is 2.07. The lowest BCUT2D eigenvalue weighted by atomic mass is 10.0. The molecule has 0 amide bonds. The van der Waals surface area contributed by atoms with E-state index in [1.165, 1.54) is 3.97 Å². The molecule has 1 aromatic heterocycles. The Bertz CT molecular complexity index is 1130. The van der Waals surface area contributed by atoms with Crippen molar-refractivity contribution in [2.45, 2.75) is 50.6 Å². The summed E-state index contributed by atoms with van der Waals surface area (Å²) < 4.78 is 27.8. The zero-order valence-corrected chi connectivity index (χ0v) is 17.4. The molecule has 146 valence electrons. The lowest BCUT2D eigenvalue weighted by molar-refractivity contribution is 0.394. The van der Waals surface area contributed by atoms with Crippen LogP contribution in [0.1, 0.15) is 31.9 Å². The fraction of sp³-hybridized carbons (Fsp3) is 0.318. The van der Waals surface area contributed by atoms with Crippen LogP contribution in [0.3, 0.4) is 0 Å². The van der Waals surface area contributed by atoms with E-state index in [2.05, 4.69) is 11.4 Å². The Labute approximate surface area is 166 Å². The zero-order valence-electron chi connectivity index (χ0n) is 16.6. The van der Waals surface area contributed by atoms with Crippen LogP contribution in [-0.4, -0.2) is 24.0 Å². The van der Waals surface area contributed by atoms with Gasteiger partial charge in [-0.1, -0.05) is 35.9 Å². The summed E-state index contributed by atoms with van der Waals surface area (Å²) in [5.41, 5.74) is 2.23. The van der Waals surface area contributed by atoms with E-state index in [-0.39, 0.29) is 10.4 Å². The molecule has 2 aromatic carbocycles. The first kappa shape index (κ1) is 20.1. The fourth-order valence-corrected chi connectivity index (χ4v) is 4.67. The highest BCUT2D eigenvalue weighted by Gasteiger charge is 2.23. The van der Waals surface area contributed by atoms with Crippen LogP contribution in [0.15, 0.2) is 59.6 Å². The Balaban J connectivity index is 2.08. The second-order valence-electron chi connectivity index (χ2n) is 8.07. The zero-order chi connectivity index (χ0) is 20.5. The summed E-state index contributed by atoms with van der Waals surface area (Å²) in [5, 5.41) is 13.7. The van der Waals surface area contributed by atoms with E-state index < -0.39 is 16.1 Å². The van der Waals surface area contributed by atoms with Crippen LogP contribution in [-0.2, 0) is 16.4 Å². The first-order valence-electron chi connectivity index (χ1n) is 9.20. The van der Waals surface area contributed by atoms with Crippen molar-refractivity contribution in [3.05, 3.63) is 65.9 Å². The van der Waals surface area contributed by atoms with Gasteiger partial charge in [-0.3, -0.25) is 5.32 Å². The normalized spacial score (nSPS) is 13.4. The maximum absolute atomic E-state index is 13.2. The average molecular weight is 396 g/mol. The van der Waals surface area contributed by atoms with E-state index in [4.69, 9.17) is 0 Å². The number of fused-ring (bicyclic) bond motifs is 1. The molecule has 0 aliphatic heterocycles. The van der Waals surface area contributed by atoms with Crippen molar-refractivity contribution in [1.29, 1.82) is 5.26 Å². The van der Waals surface area contributed by atoms with Crippen molar-refractivity contribution < 1.29 is 8.42 Å². The van der Waals surface area contributed by atoms with Gasteiger partial charge in [0.25, 0.3) is 10.0 Å². The summed E-state index contributed by atoms with van der Waals surface area (Å²) in [5.74, 6) is 0. The van der Waals surface area contributed by atoms with Gasteiger partial charge in [-0.2, -0.15) is 5.26 Å². The quantitative estimate of drug-likeness (QED) is 0.708. The molecule has 28 heavy (non-hydrogen) atoms. The fourth-order valence-electron chi connectivity index (χ4n) is 3.27. The SMILES string of the molecule is Cc1ccc(S(=O)(=O)n2cc(CC(C#N)NC(C)(C)C)c3ccccc32)cc1. The van der Waals surface area contributed by atoms with Crippen molar-refractivity contribution in [2.75, 3.05) is 0 Å². The predicted octanol–water partition coefficient (Wildman–Crippen LogP) is 4.01. The highest BCUT2D eigenvalue weighted by atomic mass is 32.2. The van der Waals surface area contributed by atoms with Crippen molar-refractivity contribution >= 4 is 20.9 Å². The molecule has 3 rings (SSSR count). The number of hydrogen-bond acceptors (Lipinski definition) is 4. The molecule has 3 aromatic rings. The van der Waals surface area contributed by atoms with Crippen LogP contribution in [0.5, 0.6) is 0 Å². The van der Waals surface area contributed by atoms with E-state index in [0.717, 1.165) is 16.5 Å². The van der Waals surface area contributed by atoms with Crippen LogP contribution in [0.4, 0.5) is 0 Å². The molecule has 0 fully saturated rings. The lowest BCUT2D eigenvalue weighted by Gasteiger charge is -2.24. The van der Waals surface area contributed by atoms with Crippen LogP contribution in [0.2, 0.25) is 0 Å². The molecule has 0 saturated carbocycles. The van der Waals surface area contributed by atoms with E-state index >= 15 is 0 Å². The van der Waals surface area contributed by atoms with Crippen LogP contribution < -0.4 is 5.32 Å². The maximum Gasteiger partial charge on any atom is 0.268 e. The summed E-state index contributed by atoms with van der Waals surface area (Å²) >= 11 is 0. The van der Waals surface area contributed by atoms with Gasteiger partial charge < -0.3 is 0 Å².